The second kappa shape index (κ2) is 9.12. The van der Waals surface area contributed by atoms with Crippen molar-refractivity contribution in [1.82, 2.24) is 5.32 Å². The first-order chi connectivity index (χ1) is 13.1. The van der Waals surface area contributed by atoms with E-state index >= 15 is 0 Å². The quantitative estimate of drug-likeness (QED) is 0.616. The number of nitrogens with one attached hydrogen (secondary N) is 1. The fourth-order valence-corrected chi connectivity index (χ4v) is 3.41. The number of carbonyl (C=O) groups is 2. The SMILES string of the molecule is O=C(COC(=O)[C@H](O)c1ccccc1)N[C@@H](c1ccccc1)c1cccs1. The lowest BCUT2D eigenvalue weighted by Crippen LogP contribution is -2.33. The molecule has 0 saturated carbocycles. The zero-order chi connectivity index (χ0) is 19.1. The molecule has 5 nitrogen and oxygen atoms in total. The van der Waals surface area contributed by atoms with Gasteiger partial charge in [0.15, 0.2) is 12.7 Å². The molecule has 2 aromatic carbocycles. The van der Waals surface area contributed by atoms with E-state index in [2.05, 4.69) is 5.32 Å². The van der Waals surface area contributed by atoms with E-state index < -0.39 is 24.6 Å². The van der Waals surface area contributed by atoms with Crippen LogP contribution >= 0.6 is 11.3 Å². The first kappa shape index (κ1) is 18.8. The molecule has 0 radical (unpaired) electrons. The Labute approximate surface area is 161 Å². The number of aliphatic hydroxyl groups excluding tert-OH is 1. The second-order valence-corrected chi connectivity index (χ2v) is 6.83. The van der Waals surface area contributed by atoms with E-state index in [-0.39, 0.29) is 6.04 Å². The van der Waals surface area contributed by atoms with Crippen molar-refractivity contribution in [1.29, 1.82) is 0 Å². The van der Waals surface area contributed by atoms with Gasteiger partial charge >= 0.3 is 5.97 Å². The number of esters is 1. The molecule has 0 fully saturated rings. The molecule has 1 heterocycles. The summed E-state index contributed by atoms with van der Waals surface area (Å²) < 4.78 is 4.98. The van der Waals surface area contributed by atoms with Crippen LogP contribution in [0.5, 0.6) is 0 Å². The van der Waals surface area contributed by atoms with Gasteiger partial charge in [-0.1, -0.05) is 66.7 Å². The molecule has 0 bridgehead atoms. The van der Waals surface area contributed by atoms with E-state index in [0.29, 0.717) is 5.56 Å². The molecule has 0 aliphatic rings. The maximum Gasteiger partial charge on any atom is 0.340 e. The maximum atomic E-state index is 12.3. The van der Waals surface area contributed by atoms with Crippen LogP contribution < -0.4 is 5.32 Å². The highest BCUT2D eigenvalue weighted by atomic mass is 32.1. The summed E-state index contributed by atoms with van der Waals surface area (Å²) in [6.07, 6.45) is -1.42. The van der Waals surface area contributed by atoms with Gasteiger partial charge in [-0.15, -0.1) is 11.3 Å². The van der Waals surface area contributed by atoms with Crippen molar-refractivity contribution in [3.63, 3.8) is 0 Å². The number of benzene rings is 2. The lowest BCUT2D eigenvalue weighted by molar-refractivity contribution is -0.157. The molecule has 1 aromatic heterocycles. The average Bonchev–Trinajstić information content (AvgIpc) is 3.25. The minimum atomic E-state index is -1.42. The number of rotatable bonds is 7. The molecule has 6 heteroatoms. The summed E-state index contributed by atoms with van der Waals surface area (Å²) in [5.41, 5.74) is 1.35. The second-order valence-electron chi connectivity index (χ2n) is 5.85. The predicted molar refractivity (Wildman–Crippen MR) is 103 cm³/mol. The summed E-state index contributed by atoms with van der Waals surface area (Å²) in [6.45, 7) is -0.461. The number of ether oxygens (including phenoxy) is 1. The Kier molecular flexibility index (Phi) is 6.35. The van der Waals surface area contributed by atoms with Crippen molar-refractivity contribution in [2.24, 2.45) is 0 Å². The third-order valence-electron chi connectivity index (χ3n) is 3.95. The predicted octanol–water partition coefficient (Wildman–Crippen LogP) is 3.23. The van der Waals surface area contributed by atoms with Crippen LogP contribution in [0.25, 0.3) is 0 Å². The molecule has 1 amide bonds. The third-order valence-corrected chi connectivity index (χ3v) is 4.89. The Morgan fingerprint density at radius 2 is 1.56 bits per heavy atom. The highest BCUT2D eigenvalue weighted by Crippen LogP contribution is 2.25. The molecule has 0 spiro atoms. The van der Waals surface area contributed by atoms with Crippen molar-refractivity contribution in [3.05, 3.63) is 94.2 Å². The Hall–Kier alpha value is -2.96. The van der Waals surface area contributed by atoms with Crippen molar-refractivity contribution in [2.45, 2.75) is 12.1 Å². The standard InChI is InChI=1S/C21H19NO4S/c23-18(14-26-21(25)20(24)16-10-5-2-6-11-16)22-19(17-12-7-13-27-17)15-8-3-1-4-9-15/h1-13,19-20,24H,14H2,(H,22,23)/t19-,20+/m0/s1. The number of hydrogen-bond donors (Lipinski definition) is 2. The van der Waals surface area contributed by atoms with Crippen LogP contribution in [0.3, 0.4) is 0 Å². The van der Waals surface area contributed by atoms with Crippen molar-refractivity contribution < 1.29 is 19.4 Å². The van der Waals surface area contributed by atoms with Crippen molar-refractivity contribution >= 4 is 23.2 Å². The zero-order valence-electron chi connectivity index (χ0n) is 14.4. The molecule has 2 N–H and O–H groups in total. The highest BCUT2D eigenvalue weighted by molar-refractivity contribution is 7.10. The average molecular weight is 381 g/mol. The lowest BCUT2D eigenvalue weighted by Gasteiger charge is -2.18. The summed E-state index contributed by atoms with van der Waals surface area (Å²) in [4.78, 5) is 25.3. The molecule has 0 unspecified atom stereocenters. The van der Waals surface area contributed by atoms with Gasteiger partial charge in [0.1, 0.15) is 0 Å². The Morgan fingerprint density at radius 1 is 0.926 bits per heavy atom. The van der Waals surface area contributed by atoms with Gasteiger partial charge in [0.2, 0.25) is 0 Å². The van der Waals surface area contributed by atoms with Gasteiger partial charge in [-0.3, -0.25) is 4.79 Å². The first-order valence-electron chi connectivity index (χ1n) is 8.42. The smallest absolute Gasteiger partial charge is 0.340 e. The Bertz CT molecular complexity index is 866. The van der Waals surface area contributed by atoms with E-state index in [9.17, 15) is 14.7 Å². The van der Waals surface area contributed by atoms with Gasteiger partial charge in [0.05, 0.1) is 6.04 Å². The Balaban J connectivity index is 1.61. The van der Waals surface area contributed by atoms with Crippen molar-refractivity contribution in [3.8, 4) is 0 Å². The van der Waals surface area contributed by atoms with Gasteiger partial charge in [0, 0.05) is 4.88 Å². The van der Waals surface area contributed by atoms with Crippen LogP contribution in [0.1, 0.15) is 28.1 Å². The van der Waals surface area contributed by atoms with E-state index in [1.807, 2.05) is 47.8 Å². The molecule has 3 aromatic rings. The van der Waals surface area contributed by atoms with Crippen LogP contribution in [0.2, 0.25) is 0 Å². The summed E-state index contributed by atoms with van der Waals surface area (Å²) >= 11 is 1.53. The third kappa shape index (κ3) is 5.03. The summed E-state index contributed by atoms with van der Waals surface area (Å²) in [5.74, 6) is -1.30. The van der Waals surface area contributed by atoms with E-state index in [1.54, 1.807) is 30.3 Å². The van der Waals surface area contributed by atoms with Crippen LogP contribution in [0.15, 0.2) is 78.2 Å². The molecular weight excluding hydrogens is 362 g/mol. The first-order valence-corrected chi connectivity index (χ1v) is 9.30. The van der Waals surface area contributed by atoms with E-state index in [1.165, 1.54) is 11.3 Å². The van der Waals surface area contributed by atoms with E-state index in [4.69, 9.17) is 4.74 Å². The van der Waals surface area contributed by atoms with Gasteiger partial charge in [-0.2, -0.15) is 0 Å². The zero-order valence-corrected chi connectivity index (χ0v) is 15.3. The van der Waals surface area contributed by atoms with Crippen LogP contribution in [0, 0.1) is 0 Å². The summed E-state index contributed by atoms with van der Waals surface area (Å²) in [6, 6.07) is 21.5. The minimum absolute atomic E-state index is 0.323. The fraction of sp³-hybridized carbons (Fsp3) is 0.143. The van der Waals surface area contributed by atoms with Gasteiger partial charge < -0.3 is 15.2 Å². The number of carbonyl (C=O) groups excluding carboxylic acids is 2. The Morgan fingerprint density at radius 3 is 2.15 bits per heavy atom. The largest absolute Gasteiger partial charge is 0.453 e. The minimum Gasteiger partial charge on any atom is -0.453 e. The fourth-order valence-electron chi connectivity index (χ4n) is 2.61. The number of amides is 1. The topological polar surface area (TPSA) is 75.6 Å². The molecule has 0 aliphatic heterocycles. The number of thiophene rings is 1. The van der Waals surface area contributed by atoms with E-state index in [0.717, 1.165) is 10.4 Å². The number of hydrogen-bond acceptors (Lipinski definition) is 5. The molecule has 2 atom stereocenters. The monoisotopic (exact) mass is 381 g/mol. The lowest BCUT2D eigenvalue weighted by atomic mass is 10.1. The molecular formula is C21H19NO4S. The molecule has 27 heavy (non-hydrogen) atoms. The highest BCUT2D eigenvalue weighted by Gasteiger charge is 2.22. The molecule has 0 aliphatic carbocycles. The van der Waals surface area contributed by atoms with Gasteiger partial charge in [-0.25, -0.2) is 4.79 Å². The summed E-state index contributed by atoms with van der Waals surface area (Å²) in [7, 11) is 0. The molecule has 3 rings (SSSR count). The van der Waals surface area contributed by atoms with Gasteiger partial charge in [-0.05, 0) is 22.6 Å². The normalized spacial score (nSPS) is 12.8. The summed E-state index contributed by atoms with van der Waals surface area (Å²) in [5, 5.41) is 14.8. The van der Waals surface area contributed by atoms with Crippen LogP contribution in [0.4, 0.5) is 0 Å². The van der Waals surface area contributed by atoms with Gasteiger partial charge in [0.25, 0.3) is 5.91 Å². The molecule has 138 valence electrons. The van der Waals surface area contributed by atoms with Crippen LogP contribution in [-0.2, 0) is 14.3 Å². The van der Waals surface area contributed by atoms with Crippen LogP contribution in [-0.4, -0.2) is 23.6 Å². The number of aliphatic hydroxyl groups is 1. The van der Waals surface area contributed by atoms with Crippen molar-refractivity contribution in [2.75, 3.05) is 6.61 Å². The molecule has 0 saturated heterocycles. The maximum absolute atomic E-state index is 12.3.